The Bertz CT molecular complexity index is 911. The lowest BCUT2D eigenvalue weighted by Crippen LogP contribution is -2.02. The zero-order valence-corrected chi connectivity index (χ0v) is 14.4. The molecule has 0 saturated heterocycles. The minimum Gasteiger partial charge on any atom is -0.497 e. The zero-order valence-electron chi connectivity index (χ0n) is 13.6. The smallest absolute Gasteiger partial charge is 0.205 e. The molecule has 0 atom stereocenters. The maximum Gasteiger partial charge on any atom is 0.205 e. The highest BCUT2D eigenvalue weighted by Crippen LogP contribution is 2.37. The first kappa shape index (κ1) is 15.5. The van der Waals surface area contributed by atoms with Crippen LogP contribution in [0.25, 0.3) is 10.2 Å². The molecular formula is C18H18N2O2S. The SMILES string of the molecule is COc1ccc(C(=O)c2sc3nc(C)c(C)c(C)c3c2N)cc1. The number of thiophene rings is 1. The third-order valence-electron chi connectivity index (χ3n) is 4.23. The van der Waals surface area contributed by atoms with Gasteiger partial charge in [0.05, 0.1) is 12.8 Å². The molecule has 3 aromatic rings. The van der Waals surface area contributed by atoms with Gasteiger partial charge in [-0.3, -0.25) is 4.79 Å². The highest BCUT2D eigenvalue weighted by atomic mass is 32.1. The molecule has 0 aliphatic heterocycles. The van der Waals surface area contributed by atoms with Crippen LogP contribution in [0.5, 0.6) is 5.75 Å². The largest absolute Gasteiger partial charge is 0.497 e. The number of ether oxygens (including phenoxy) is 1. The maximum atomic E-state index is 12.8. The van der Waals surface area contributed by atoms with Crippen molar-refractivity contribution in [3.63, 3.8) is 0 Å². The quantitative estimate of drug-likeness (QED) is 0.738. The van der Waals surface area contributed by atoms with Crippen LogP contribution in [0, 0.1) is 20.8 Å². The Hall–Kier alpha value is -2.40. The summed E-state index contributed by atoms with van der Waals surface area (Å²) in [5.41, 5.74) is 10.6. The summed E-state index contributed by atoms with van der Waals surface area (Å²) in [7, 11) is 1.60. The van der Waals surface area contributed by atoms with E-state index in [-0.39, 0.29) is 5.78 Å². The molecule has 0 spiro atoms. The van der Waals surface area contributed by atoms with Crippen molar-refractivity contribution in [3.8, 4) is 5.75 Å². The Kier molecular flexibility index (Phi) is 3.82. The van der Waals surface area contributed by atoms with Gasteiger partial charge < -0.3 is 10.5 Å². The molecule has 2 N–H and O–H groups in total. The second-order valence-electron chi connectivity index (χ2n) is 5.53. The van der Waals surface area contributed by atoms with Crippen molar-refractivity contribution in [2.24, 2.45) is 0 Å². The van der Waals surface area contributed by atoms with E-state index in [1.807, 2.05) is 20.8 Å². The molecule has 2 aromatic heterocycles. The van der Waals surface area contributed by atoms with E-state index in [0.29, 0.717) is 16.1 Å². The van der Waals surface area contributed by atoms with Crippen molar-refractivity contribution in [3.05, 3.63) is 51.5 Å². The summed E-state index contributed by atoms with van der Waals surface area (Å²) in [4.78, 5) is 18.7. The number of anilines is 1. The number of nitrogen functional groups attached to an aromatic ring is 1. The molecule has 0 saturated carbocycles. The highest BCUT2D eigenvalue weighted by molar-refractivity contribution is 7.21. The number of pyridine rings is 1. The fourth-order valence-electron chi connectivity index (χ4n) is 2.61. The van der Waals surface area contributed by atoms with E-state index < -0.39 is 0 Å². The van der Waals surface area contributed by atoms with Crippen LogP contribution in [0.3, 0.4) is 0 Å². The zero-order chi connectivity index (χ0) is 16.7. The van der Waals surface area contributed by atoms with Gasteiger partial charge >= 0.3 is 0 Å². The number of carbonyl (C=O) groups excluding carboxylic acids is 1. The second kappa shape index (κ2) is 5.66. The fraction of sp³-hybridized carbons (Fsp3) is 0.222. The van der Waals surface area contributed by atoms with E-state index >= 15 is 0 Å². The number of rotatable bonds is 3. The molecular weight excluding hydrogens is 308 g/mol. The number of aromatic nitrogens is 1. The number of ketones is 1. The Labute approximate surface area is 138 Å². The van der Waals surface area contributed by atoms with Crippen LogP contribution in [-0.4, -0.2) is 17.9 Å². The van der Waals surface area contributed by atoms with Crippen LogP contribution in [0.15, 0.2) is 24.3 Å². The Balaban J connectivity index is 2.14. The van der Waals surface area contributed by atoms with Gasteiger partial charge in [-0.25, -0.2) is 4.98 Å². The Morgan fingerprint density at radius 2 is 1.78 bits per heavy atom. The van der Waals surface area contributed by atoms with E-state index in [1.54, 1.807) is 31.4 Å². The molecule has 2 heterocycles. The number of nitrogens with zero attached hydrogens (tertiary/aromatic N) is 1. The third kappa shape index (κ3) is 2.47. The summed E-state index contributed by atoms with van der Waals surface area (Å²) < 4.78 is 5.13. The van der Waals surface area contributed by atoms with E-state index in [2.05, 4.69) is 4.98 Å². The monoisotopic (exact) mass is 326 g/mol. The van der Waals surface area contributed by atoms with Crippen molar-refractivity contribution in [2.45, 2.75) is 20.8 Å². The van der Waals surface area contributed by atoms with E-state index in [9.17, 15) is 4.79 Å². The first-order valence-corrected chi connectivity index (χ1v) is 8.10. The van der Waals surface area contributed by atoms with Gasteiger partial charge in [0.2, 0.25) is 5.78 Å². The van der Waals surface area contributed by atoms with Crippen molar-refractivity contribution < 1.29 is 9.53 Å². The van der Waals surface area contributed by atoms with Gasteiger partial charge in [-0.15, -0.1) is 11.3 Å². The summed E-state index contributed by atoms with van der Waals surface area (Å²) in [6.45, 7) is 6.03. The standard InChI is InChI=1S/C18H18N2O2S/c1-9-10(2)14-15(19)17(23-18(14)20-11(9)3)16(21)12-5-7-13(22-4)8-6-12/h5-8H,19H2,1-4H3. The molecule has 3 rings (SSSR count). The number of hydrogen-bond donors (Lipinski definition) is 1. The molecule has 118 valence electrons. The third-order valence-corrected chi connectivity index (χ3v) is 5.33. The van der Waals surface area contributed by atoms with Crippen molar-refractivity contribution in [1.29, 1.82) is 0 Å². The van der Waals surface area contributed by atoms with Gasteiger partial charge in [-0.2, -0.15) is 0 Å². The minimum atomic E-state index is -0.0807. The summed E-state index contributed by atoms with van der Waals surface area (Å²) in [5.74, 6) is 0.637. The molecule has 1 aromatic carbocycles. The van der Waals surface area contributed by atoms with Crippen molar-refractivity contribution in [1.82, 2.24) is 4.98 Å². The molecule has 0 radical (unpaired) electrons. The average molecular weight is 326 g/mol. The van der Waals surface area contributed by atoms with Gasteiger partial charge in [0.15, 0.2) is 0 Å². The predicted octanol–water partition coefficient (Wildman–Crippen LogP) is 4.04. The molecule has 0 amide bonds. The van der Waals surface area contributed by atoms with Crippen LogP contribution in [0.2, 0.25) is 0 Å². The van der Waals surface area contributed by atoms with Crippen LogP contribution >= 0.6 is 11.3 Å². The number of aryl methyl sites for hydroxylation is 2. The summed E-state index contributed by atoms with van der Waals surface area (Å²) in [5, 5.41) is 0.898. The number of carbonyl (C=O) groups is 1. The van der Waals surface area contributed by atoms with Crippen LogP contribution in [0.1, 0.15) is 32.1 Å². The second-order valence-corrected chi connectivity index (χ2v) is 6.53. The molecule has 4 nitrogen and oxygen atoms in total. The molecule has 0 aliphatic rings. The lowest BCUT2D eigenvalue weighted by molar-refractivity contribution is 0.104. The number of methoxy groups -OCH3 is 1. The first-order valence-electron chi connectivity index (χ1n) is 7.28. The maximum absolute atomic E-state index is 12.8. The van der Waals surface area contributed by atoms with Crippen molar-refractivity contribution in [2.75, 3.05) is 12.8 Å². The first-order chi connectivity index (χ1) is 10.9. The molecule has 23 heavy (non-hydrogen) atoms. The summed E-state index contributed by atoms with van der Waals surface area (Å²) in [6, 6.07) is 7.05. The summed E-state index contributed by atoms with van der Waals surface area (Å²) >= 11 is 1.36. The van der Waals surface area contributed by atoms with E-state index in [0.717, 1.165) is 32.8 Å². The lowest BCUT2D eigenvalue weighted by atomic mass is 10.0. The predicted molar refractivity (Wildman–Crippen MR) is 94.7 cm³/mol. The van der Waals surface area contributed by atoms with E-state index in [1.165, 1.54) is 11.3 Å². The highest BCUT2D eigenvalue weighted by Gasteiger charge is 2.21. The summed E-state index contributed by atoms with van der Waals surface area (Å²) in [6.07, 6.45) is 0. The molecule has 5 heteroatoms. The molecule has 0 aliphatic carbocycles. The average Bonchev–Trinajstić information content (AvgIpc) is 2.88. The topological polar surface area (TPSA) is 65.2 Å². The minimum absolute atomic E-state index is 0.0807. The number of nitrogens with two attached hydrogens (primary N) is 1. The van der Waals surface area contributed by atoms with Gasteiger partial charge in [0, 0.05) is 16.6 Å². The Morgan fingerprint density at radius 1 is 1.13 bits per heavy atom. The fourth-order valence-corrected chi connectivity index (χ4v) is 3.77. The normalized spacial score (nSPS) is 11.0. The van der Waals surface area contributed by atoms with E-state index in [4.69, 9.17) is 10.5 Å². The van der Waals surface area contributed by atoms with Crippen LogP contribution in [0.4, 0.5) is 5.69 Å². The molecule has 0 unspecified atom stereocenters. The number of benzene rings is 1. The number of fused-ring (bicyclic) bond motifs is 1. The number of hydrogen-bond acceptors (Lipinski definition) is 5. The van der Waals surface area contributed by atoms with Gasteiger partial charge in [-0.05, 0) is 56.2 Å². The van der Waals surface area contributed by atoms with Crippen LogP contribution < -0.4 is 10.5 Å². The van der Waals surface area contributed by atoms with Gasteiger partial charge in [0.25, 0.3) is 0 Å². The van der Waals surface area contributed by atoms with Crippen LogP contribution in [-0.2, 0) is 0 Å². The van der Waals surface area contributed by atoms with Crippen molar-refractivity contribution >= 4 is 33.0 Å². The van der Waals surface area contributed by atoms with Gasteiger partial charge in [0.1, 0.15) is 15.5 Å². The lowest BCUT2D eigenvalue weighted by Gasteiger charge is -2.06. The Morgan fingerprint density at radius 3 is 2.39 bits per heavy atom. The molecule has 0 fully saturated rings. The molecule has 0 bridgehead atoms. The van der Waals surface area contributed by atoms with Gasteiger partial charge in [-0.1, -0.05) is 0 Å².